The van der Waals surface area contributed by atoms with Crippen molar-refractivity contribution in [1.82, 2.24) is 10.6 Å². The zero-order valence-corrected chi connectivity index (χ0v) is 13.0. The van der Waals surface area contributed by atoms with Gasteiger partial charge in [0, 0.05) is 5.56 Å². The summed E-state index contributed by atoms with van der Waals surface area (Å²) < 4.78 is 14.1. The summed E-state index contributed by atoms with van der Waals surface area (Å²) in [7, 11) is 0. The van der Waals surface area contributed by atoms with Crippen LogP contribution in [-0.4, -0.2) is 19.0 Å². The number of rotatable bonds is 7. The fraction of sp³-hybridized carbons (Fsp3) is 0.611. The van der Waals surface area contributed by atoms with E-state index in [4.69, 9.17) is 0 Å². The third-order valence-corrected chi connectivity index (χ3v) is 4.84. The summed E-state index contributed by atoms with van der Waals surface area (Å²) >= 11 is 0. The predicted molar refractivity (Wildman–Crippen MR) is 84.8 cm³/mol. The molecule has 2 fully saturated rings. The molecule has 2 aliphatic rings. The molecule has 2 aliphatic carbocycles. The molecule has 0 bridgehead atoms. The van der Waals surface area contributed by atoms with Gasteiger partial charge in [-0.2, -0.15) is 0 Å². The molecule has 4 heteroatoms. The lowest BCUT2D eigenvalue weighted by Gasteiger charge is -2.25. The highest BCUT2D eigenvalue weighted by Crippen LogP contribution is 2.36. The van der Waals surface area contributed by atoms with E-state index in [1.165, 1.54) is 31.7 Å². The number of benzene rings is 1. The summed E-state index contributed by atoms with van der Waals surface area (Å²) in [5.41, 5.74) is 0.630. The normalized spacial score (nSPS) is 20.0. The van der Waals surface area contributed by atoms with Crippen LogP contribution in [0.1, 0.15) is 50.1 Å². The fourth-order valence-electron chi connectivity index (χ4n) is 3.40. The molecule has 0 aliphatic heterocycles. The Morgan fingerprint density at radius 2 is 1.91 bits per heavy atom. The van der Waals surface area contributed by atoms with E-state index in [0.29, 0.717) is 18.0 Å². The van der Waals surface area contributed by atoms with Crippen molar-refractivity contribution in [3.63, 3.8) is 0 Å². The van der Waals surface area contributed by atoms with Crippen molar-refractivity contribution in [1.29, 1.82) is 0 Å². The van der Waals surface area contributed by atoms with Crippen molar-refractivity contribution < 1.29 is 9.18 Å². The molecule has 2 N–H and O–H groups in total. The van der Waals surface area contributed by atoms with Gasteiger partial charge in [-0.15, -0.1) is 0 Å². The van der Waals surface area contributed by atoms with Gasteiger partial charge in [-0.3, -0.25) is 4.79 Å². The minimum Gasteiger partial charge on any atom is -0.348 e. The van der Waals surface area contributed by atoms with E-state index in [1.807, 2.05) is 6.07 Å². The van der Waals surface area contributed by atoms with Crippen LogP contribution in [0.2, 0.25) is 0 Å². The van der Waals surface area contributed by atoms with Gasteiger partial charge in [0.25, 0.3) is 0 Å². The summed E-state index contributed by atoms with van der Waals surface area (Å²) in [5, 5.41) is 6.27. The molecular weight excluding hydrogens is 279 g/mol. The predicted octanol–water partition coefficient (Wildman–Crippen LogP) is 3.17. The van der Waals surface area contributed by atoms with Crippen LogP contribution >= 0.6 is 0 Å². The van der Waals surface area contributed by atoms with Crippen LogP contribution in [0.15, 0.2) is 24.3 Å². The Kier molecular flexibility index (Phi) is 5.08. The Hall–Kier alpha value is -1.42. The van der Waals surface area contributed by atoms with Gasteiger partial charge in [0.2, 0.25) is 5.91 Å². The summed E-state index contributed by atoms with van der Waals surface area (Å²) in [4.78, 5) is 12.2. The molecular formula is C18H25FN2O. The zero-order chi connectivity index (χ0) is 15.4. The first-order valence-electron chi connectivity index (χ1n) is 8.48. The number of amides is 1. The van der Waals surface area contributed by atoms with E-state index >= 15 is 0 Å². The maximum Gasteiger partial charge on any atom is 0.234 e. The van der Waals surface area contributed by atoms with Crippen LogP contribution in [-0.2, 0) is 4.79 Å². The number of nitrogens with one attached hydrogen (secondary N) is 2. The van der Waals surface area contributed by atoms with Crippen LogP contribution in [0.5, 0.6) is 0 Å². The second kappa shape index (κ2) is 7.23. The zero-order valence-electron chi connectivity index (χ0n) is 13.0. The number of carbonyl (C=O) groups is 1. The van der Waals surface area contributed by atoms with Crippen LogP contribution in [0.3, 0.4) is 0 Å². The van der Waals surface area contributed by atoms with Gasteiger partial charge >= 0.3 is 0 Å². The summed E-state index contributed by atoms with van der Waals surface area (Å²) in [6.45, 7) is 1.25. The molecule has 0 spiro atoms. The lowest BCUT2D eigenvalue weighted by atomic mass is 9.91. The molecule has 1 aromatic carbocycles. The Balaban J connectivity index is 1.62. The van der Waals surface area contributed by atoms with Crippen LogP contribution in [0.25, 0.3) is 0 Å². The second-order valence-corrected chi connectivity index (χ2v) is 6.69. The van der Waals surface area contributed by atoms with E-state index in [9.17, 15) is 9.18 Å². The molecule has 1 aromatic rings. The minimum absolute atomic E-state index is 0.0270. The summed E-state index contributed by atoms with van der Waals surface area (Å²) in [6.07, 6.45) is 7.02. The van der Waals surface area contributed by atoms with Gasteiger partial charge in [0.1, 0.15) is 5.82 Å². The first kappa shape index (κ1) is 15.5. The molecule has 3 nitrogen and oxygen atoms in total. The number of halogens is 1. The van der Waals surface area contributed by atoms with Gasteiger partial charge in [0.15, 0.2) is 0 Å². The lowest BCUT2D eigenvalue weighted by molar-refractivity contribution is -0.121. The third-order valence-electron chi connectivity index (χ3n) is 4.84. The Morgan fingerprint density at radius 3 is 2.59 bits per heavy atom. The van der Waals surface area contributed by atoms with Gasteiger partial charge in [-0.25, -0.2) is 4.39 Å². The highest BCUT2D eigenvalue weighted by Gasteiger charge is 2.29. The maximum absolute atomic E-state index is 14.1. The average Bonchev–Trinajstić information content (AvgIpc) is 3.17. The van der Waals surface area contributed by atoms with Crippen LogP contribution in [0.4, 0.5) is 4.39 Å². The average molecular weight is 304 g/mol. The van der Waals surface area contributed by atoms with Gasteiger partial charge in [-0.1, -0.05) is 31.0 Å². The molecule has 0 heterocycles. The monoisotopic (exact) mass is 304 g/mol. The van der Waals surface area contributed by atoms with E-state index in [2.05, 4.69) is 10.6 Å². The molecule has 1 amide bonds. The first-order chi connectivity index (χ1) is 10.7. The molecule has 3 rings (SSSR count). The smallest absolute Gasteiger partial charge is 0.234 e. The molecule has 1 atom stereocenters. The van der Waals surface area contributed by atoms with Crippen molar-refractivity contribution in [2.75, 3.05) is 13.1 Å². The third kappa shape index (κ3) is 4.07. The van der Waals surface area contributed by atoms with Crippen LogP contribution < -0.4 is 10.6 Å². The van der Waals surface area contributed by atoms with E-state index in [-0.39, 0.29) is 17.8 Å². The Morgan fingerprint density at radius 1 is 1.18 bits per heavy atom. The number of hydrogen-bond donors (Lipinski definition) is 2. The number of carbonyl (C=O) groups excluding carboxylic acids is 1. The Labute approximate surface area is 131 Å². The van der Waals surface area contributed by atoms with Gasteiger partial charge in [-0.05, 0) is 50.1 Å². The fourth-order valence-corrected chi connectivity index (χ4v) is 3.40. The standard InChI is InChI=1S/C18H25FN2O/c19-16-8-4-3-7-15(16)18(14-5-1-2-6-14)21-17(22)12-20-11-13-9-10-13/h3-4,7-8,13-14,18,20H,1-2,5-6,9-12H2,(H,21,22). The van der Waals surface area contributed by atoms with Crippen molar-refractivity contribution in [3.05, 3.63) is 35.6 Å². The lowest BCUT2D eigenvalue weighted by Crippen LogP contribution is -2.39. The molecule has 0 aromatic heterocycles. The minimum atomic E-state index is -0.217. The first-order valence-corrected chi connectivity index (χ1v) is 8.48. The van der Waals surface area contributed by atoms with Crippen molar-refractivity contribution in [2.24, 2.45) is 11.8 Å². The SMILES string of the molecule is O=C(CNCC1CC1)NC(c1ccccc1F)C1CCCC1. The van der Waals surface area contributed by atoms with E-state index in [0.717, 1.165) is 25.3 Å². The van der Waals surface area contributed by atoms with Crippen molar-refractivity contribution >= 4 is 5.91 Å². The van der Waals surface area contributed by atoms with Gasteiger partial charge in [0.05, 0.1) is 12.6 Å². The second-order valence-electron chi connectivity index (χ2n) is 6.69. The largest absolute Gasteiger partial charge is 0.348 e. The summed E-state index contributed by atoms with van der Waals surface area (Å²) in [6, 6.07) is 6.63. The van der Waals surface area contributed by atoms with Crippen LogP contribution in [0, 0.1) is 17.7 Å². The van der Waals surface area contributed by atoms with Crippen molar-refractivity contribution in [3.8, 4) is 0 Å². The Bertz CT molecular complexity index is 510. The topological polar surface area (TPSA) is 41.1 Å². The summed E-state index contributed by atoms with van der Waals surface area (Å²) in [5.74, 6) is 0.862. The molecule has 0 radical (unpaired) electrons. The van der Waals surface area contributed by atoms with E-state index < -0.39 is 0 Å². The van der Waals surface area contributed by atoms with E-state index in [1.54, 1.807) is 12.1 Å². The molecule has 0 saturated heterocycles. The maximum atomic E-state index is 14.1. The van der Waals surface area contributed by atoms with Gasteiger partial charge < -0.3 is 10.6 Å². The quantitative estimate of drug-likeness (QED) is 0.812. The van der Waals surface area contributed by atoms with Crippen molar-refractivity contribution in [2.45, 2.75) is 44.6 Å². The number of hydrogen-bond acceptors (Lipinski definition) is 2. The molecule has 22 heavy (non-hydrogen) atoms. The highest BCUT2D eigenvalue weighted by molar-refractivity contribution is 5.78. The molecule has 120 valence electrons. The highest BCUT2D eigenvalue weighted by atomic mass is 19.1. The molecule has 2 saturated carbocycles. The molecule has 1 unspecified atom stereocenters.